The molecule has 0 spiro atoms. The predicted octanol–water partition coefficient (Wildman–Crippen LogP) is 4.06. The zero-order valence-corrected chi connectivity index (χ0v) is 12.8. The van der Waals surface area contributed by atoms with Crippen molar-refractivity contribution < 1.29 is 0 Å². The largest absolute Gasteiger partial charge is 0.364 e. The van der Waals surface area contributed by atoms with E-state index in [-0.39, 0.29) is 5.54 Å². The smallest absolute Gasteiger partial charge is 0.144 e. The van der Waals surface area contributed by atoms with Crippen molar-refractivity contribution in [2.75, 3.05) is 5.32 Å². The van der Waals surface area contributed by atoms with E-state index >= 15 is 0 Å². The molecule has 0 radical (unpaired) electrons. The average molecular weight is 320 g/mol. The number of halogens is 1. The van der Waals surface area contributed by atoms with Crippen molar-refractivity contribution in [3.8, 4) is 0 Å². The lowest BCUT2D eigenvalue weighted by Crippen LogP contribution is -2.32. The summed E-state index contributed by atoms with van der Waals surface area (Å²) in [6, 6.07) is 10.5. The van der Waals surface area contributed by atoms with Crippen molar-refractivity contribution in [3.63, 3.8) is 0 Å². The Morgan fingerprint density at radius 2 is 1.95 bits per heavy atom. The first kappa shape index (κ1) is 14.0. The molecule has 0 aliphatic heterocycles. The number of hydrogen-bond acceptors (Lipinski definition) is 3. The lowest BCUT2D eigenvalue weighted by Gasteiger charge is -2.27. The molecule has 0 amide bonds. The van der Waals surface area contributed by atoms with Crippen LogP contribution in [0, 0.1) is 0 Å². The van der Waals surface area contributed by atoms with Crippen LogP contribution >= 0.6 is 15.9 Å². The highest BCUT2D eigenvalue weighted by molar-refractivity contribution is 9.10. The summed E-state index contributed by atoms with van der Waals surface area (Å²) in [6.45, 7) is 4.37. The summed E-state index contributed by atoms with van der Waals surface area (Å²) in [5.74, 6) is 0.841. The van der Waals surface area contributed by atoms with E-state index in [1.807, 2.05) is 6.07 Å². The fourth-order valence-corrected chi connectivity index (χ4v) is 2.21. The lowest BCUT2D eigenvalue weighted by atomic mass is 9.95. The van der Waals surface area contributed by atoms with Gasteiger partial charge in [0.05, 0.1) is 4.47 Å². The van der Waals surface area contributed by atoms with Gasteiger partial charge in [0.1, 0.15) is 12.1 Å². The predicted molar refractivity (Wildman–Crippen MR) is 82.2 cm³/mol. The van der Waals surface area contributed by atoms with E-state index in [9.17, 15) is 0 Å². The van der Waals surface area contributed by atoms with E-state index < -0.39 is 0 Å². The van der Waals surface area contributed by atoms with Crippen LogP contribution in [0.2, 0.25) is 0 Å². The van der Waals surface area contributed by atoms with Gasteiger partial charge < -0.3 is 5.32 Å². The van der Waals surface area contributed by atoms with Crippen LogP contribution in [0.5, 0.6) is 0 Å². The molecule has 0 saturated carbocycles. The fourth-order valence-electron chi connectivity index (χ4n) is 1.89. The molecule has 0 atom stereocenters. The van der Waals surface area contributed by atoms with Gasteiger partial charge in [0.2, 0.25) is 0 Å². The standard InChI is InChI=1S/C15H18BrN3/c1-15(2,9-8-12-6-4-3-5-7-12)19-14-13(16)10-17-11-18-14/h3-7,10-11H,8-9H2,1-2H3,(H,17,18,19). The highest BCUT2D eigenvalue weighted by Crippen LogP contribution is 2.24. The van der Waals surface area contributed by atoms with Crippen molar-refractivity contribution in [1.29, 1.82) is 0 Å². The maximum Gasteiger partial charge on any atom is 0.144 e. The molecule has 1 heterocycles. The molecule has 2 aromatic rings. The van der Waals surface area contributed by atoms with Gasteiger partial charge in [0.25, 0.3) is 0 Å². The molecule has 0 aliphatic carbocycles. The maximum atomic E-state index is 4.25. The summed E-state index contributed by atoms with van der Waals surface area (Å²) in [5, 5.41) is 3.46. The highest BCUT2D eigenvalue weighted by atomic mass is 79.9. The number of nitrogens with one attached hydrogen (secondary N) is 1. The molecular weight excluding hydrogens is 302 g/mol. The van der Waals surface area contributed by atoms with Crippen LogP contribution in [0.15, 0.2) is 47.3 Å². The van der Waals surface area contributed by atoms with Gasteiger partial charge >= 0.3 is 0 Å². The van der Waals surface area contributed by atoms with Gasteiger partial charge in [0, 0.05) is 11.7 Å². The zero-order valence-electron chi connectivity index (χ0n) is 11.2. The van der Waals surface area contributed by atoms with Crippen LogP contribution in [0.25, 0.3) is 0 Å². The quantitative estimate of drug-likeness (QED) is 0.903. The SMILES string of the molecule is CC(C)(CCc1ccccc1)Nc1ncncc1Br. The van der Waals surface area contributed by atoms with Crippen molar-refractivity contribution in [2.24, 2.45) is 0 Å². The Labute approximate surface area is 122 Å². The van der Waals surface area contributed by atoms with Crippen LogP contribution in [0.1, 0.15) is 25.8 Å². The molecule has 0 saturated heterocycles. The third kappa shape index (κ3) is 4.31. The average Bonchev–Trinajstić information content (AvgIpc) is 2.40. The summed E-state index contributed by atoms with van der Waals surface area (Å²) in [4.78, 5) is 8.22. The second-order valence-electron chi connectivity index (χ2n) is 5.21. The number of benzene rings is 1. The second kappa shape index (κ2) is 6.15. The molecule has 0 fully saturated rings. The van der Waals surface area contributed by atoms with Crippen molar-refractivity contribution in [2.45, 2.75) is 32.2 Å². The minimum Gasteiger partial charge on any atom is -0.364 e. The van der Waals surface area contributed by atoms with Gasteiger partial charge in [-0.2, -0.15) is 0 Å². The Bertz CT molecular complexity index is 526. The molecule has 1 N–H and O–H groups in total. The van der Waals surface area contributed by atoms with Gasteiger partial charge in [-0.15, -0.1) is 0 Å². The van der Waals surface area contributed by atoms with Crippen molar-refractivity contribution >= 4 is 21.7 Å². The molecule has 0 aliphatic rings. The van der Waals surface area contributed by atoms with Gasteiger partial charge in [-0.25, -0.2) is 9.97 Å². The highest BCUT2D eigenvalue weighted by Gasteiger charge is 2.19. The Hall–Kier alpha value is -1.42. The van der Waals surface area contributed by atoms with Gasteiger partial charge in [0.15, 0.2) is 0 Å². The molecule has 2 rings (SSSR count). The third-order valence-electron chi connectivity index (χ3n) is 3.01. The normalized spacial score (nSPS) is 11.3. The lowest BCUT2D eigenvalue weighted by molar-refractivity contribution is 0.516. The molecule has 4 heteroatoms. The Balaban J connectivity index is 1.97. The number of anilines is 1. The summed E-state index contributed by atoms with van der Waals surface area (Å²) >= 11 is 3.46. The molecule has 1 aromatic carbocycles. The van der Waals surface area contributed by atoms with E-state index in [1.165, 1.54) is 5.56 Å². The molecule has 3 nitrogen and oxygen atoms in total. The zero-order chi connectivity index (χ0) is 13.7. The van der Waals surface area contributed by atoms with Crippen molar-refractivity contribution in [1.82, 2.24) is 9.97 Å². The molecule has 100 valence electrons. The van der Waals surface area contributed by atoms with Crippen LogP contribution in [0.3, 0.4) is 0 Å². The Kier molecular flexibility index (Phi) is 4.53. The van der Waals surface area contributed by atoms with E-state index in [1.54, 1.807) is 12.5 Å². The number of rotatable bonds is 5. The topological polar surface area (TPSA) is 37.8 Å². The van der Waals surface area contributed by atoms with E-state index in [4.69, 9.17) is 0 Å². The minimum atomic E-state index is -0.0211. The van der Waals surface area contributed by atoms with Gasteiger partial charge in [-0.3, -0.25) is 0 Å². The van der Waals surface area contributed by atoms with Gasteiger partial charge in [-0.1, -0.05) is 30.3 Å². The molecule has 0 bridgehead atoms. The van der Waals surface area contributed by atoms with Crippen LogP contribution in [-0.2, 0) is 6.42 Å². The van der Waals surface area contributed by atoms with E-state index in [2.05, 4.69) is 69.3 Å². The second-order valence-corrected chi connectivity index (χ2v) is 6.07. The maximum absolute atomic E-state index is 4.25. The van der Waals surface area contributed by atoms with Crippen LogP contribution in [-0.4, -0.2) is 15.5 Å². The van der Waals surface area contributed by atoms with E-state index in [0.717, 1.165) is 23.1 Å². The number of aryl methyl sites for hydroxylation is 1. The van der Waals surface area contributed by atoms with Crippen LogP contribution < -0.4 is 5.32 Å². The molecular formula is C15H18BrN3. The van der Waals surface area contributed by atoms with Gasteiger partial charge in [-0.05, 0) is 48.2 Å². The molecule has 1 aromatic heterocycles. The fraction of sp³-hybridized carbons (Fsp3) is 0.333. The summed E-state index contributed by atoms with van der Waals surface area (Å²) in [7, 11) is 0. The first-order valence-corrected chi connectivity index (χ1v) is 7.14. The van der Waals surface area contributed by atoms with Crippen molar-refractivity contribution in [3.05, 3.63) is 52.9 Å². The number of aromatic nitrogens is 2. The Morgan fingerprint density at radius 3 is 2.63 bits per heavy atom. The molecule has 19 heavy (non-hydrogen) atoms. The minimum absolute atomic E-state index is 0.0211. The summed E-state index contributed by atoms with van der Waals surface area (Å²) < 4.78 is 0.891. The van der Waals surface area contributed by atoms with E-state index in [0.29, 0.717) is 0 Å². The number of hydrogen-bond donors (Lipinski definition) is 1. The van der Waals surface area contributed by atoms with Crippen LogP contribution in [0.4, 0.5) is 5.82 Å². The first-order chi connectivity index (χ1) is 9.07. The third-order valence-corrected chi connectivity index (χ3v) is 3.59. The number of nitrogens with zero attached hydrogens (tertiary/aromatic N) is 2. The summed E-state index contributed by atoms with van der Waals surface area (Å²) in [5.41, 5.74) is 1.34. The molecule has 0 unspecified atom stereocenters. The monoisotopic (exact) mass is 319 g/mol. The first-order valence-electron chi connectivity index (χ1n) is 6.34. The summed E-state index contributed by atoms with van der Waals surface area (Å²) in [6.07, 6.45) is 5.39. The Morgan fingerprint density at radius 1 is 1.21 bits per heavy atom.